The number of nitrogens with one attached hydrogen (secondary N) is 2. The number of rotatable bonds is 5. The van der Waals surface area contributed by atoms with E-state index in [-0.39, 0.29) is 11.9 Å². The molecule has 3 rings (SSSR count). The molecule has 132 valence electrons. The van der Waals surface area contributed by atoms with E-state index in [4.69, 9.17) is 0 Å². The fourth-order valence-corrected chi connectivity index (χ4v) is 4.38. The van der Waals surface area contributed by atoms with Gasteiger partial charge in [0, 0.05) is 18.8 Å². The molecule has 1 aliphatic rings. The van der Waals surface area contributed by atoms with Crippen LogP contribution in [0.3, 0.4) is 0 Å². The van der Waals surface area contributed by atoms with Crippen molar-refractivity contribution in [1.82, 2.24) is 20.4 Å². The molecule has 1 aliphatic heterocycles. The lowest BCUT2D eigenvalue weighted by atomic mass is 10.1. The number of benzene rings is 1. The topological polar surface area (TPSA) is 87.2 Å². The minimum absolute atomic E-state index is 0.209. The second-order valence-corrected chi connectivity index (χ2v) is 8.29. The van der Waals surface area contributed by atoms with E-state index in [0.717, 1.165) is 11.3 Å². The van der Waals surface area contributed by atoms with Crippen LogP contribution in [0.2, 0.25) is 0 Å². The van der Waals surface area contributed by atoms with E-state index >= 15 is 0 Å². The zero-order valence-electron chi connectivity index (χ0n) is 14.2. The van der Waals surface area contributed by atoms with Gasteiger partial charge < -0.3 is 10.6 Å². The Morgan fingerprint density at radius 3 is 2.92 bits per heavy atom. The molecule has 1 unspecified atom stereocenters. The monoisotopic (exact) mass is 377 g/mol. The van der Waals surface area contributed by atoms with Crippen LogP contribution in [-0.2, 0) is 4.79 Å². The van der Waals surface area contributed by atoms with Gasteiger partial charge in [0.25, 0.3) is 0 Å². The zero-order valence-corrected chi connectivity index (χ0v) is 15.8. The van der Waals surface area contributed by atoms with Gasteiger partial charge in [0.1, 0.15) is 0 Å². The number of carbonyl (C=O) groups is 2. The van der Waals surface area contributed by atoms with Crippen molar-refractivity contribution in [2.75, 3.05) is 18.4 Å². The van der Waals surface area contributed by atoms with E-state index in [0.29, 0.717) is 22.6 Å². The first-order valence-corrected chi connectivity index (χ1v) is 9.58. The third-order valence-electron chi connectivity index (χ3n) is 4.00. The quantitative estimate of drug-likeness (QED) is 0.779. The molecule has 1 aromatic carbocycles. The first-order valence-electron chi connectivity index (χ1n) is 7.88. The average molecular weight is 377 g/mol. The van der Waals surface area contributed by atoms with Gasteiger partial charge in [0.05, 0.1) is 5.25 Å². The molecular formula is C16H19N5O2S2. The van der Waals surface area contributed by atoms with Crippen LogP contribution in [0.5, 0.6) is 0 Å². The molecule has 9 heteroatoms. The van der Waals surface area contributed by atoms with E-state index in [2.05, 4.69) is 40.7 Å². The summed E-state index contributed by atoms with van der Waals surface area (Å²) in [5, 5.41) is 14.4. The van der Waals surface area contributed by atoms with Crippen LogP contribution in [0, 0.1) is 13.8 Å². The minimum Gasteiger partial charge on any atom is -0.336 e. The molecule has 1 aromatic heterocycles. The van der Waals surface area contributed by atoms with E-state index in [1.165, 1.54) is 33.6 Å². The van der Waals surface area contributed by atoms with Gasteiger partial charge in [-0.1, -0.05) is 35.2 Å². The number of aryl methyl sites for hydroxylation is 1. The second kappa shape index (κ2) is 7.40. The van der Waals surface area contributed by atoms with Gasteiger partial charge >= 0.3 is 6.03 Å². The predicted molar refractivity (Wildman–Crippen MR) is 99.5 cm³/mol. The van der Waals surface area contributed by atoms with Crippen molar-refractivity contribution in [2.24, 2.45) is 0 Å². The molecule has 7 nitrogen and oxygen atoms in total. The van der Waals surface area contributed by atoms with Crippen LogP contribution >= 0.6 is 23.1 Å². The maximum Gasteiger partial charge on any atom is 0.324 e. The van der Waals surface area contributed by atoms with Crippen molar-refractivity contribution in [3.63, 3.8) is 0 Å². The maximum absolute atomic E-state index is 12.3. The highest BCUT2D eigenvalue weighted by Crippen LogP contribution is 2.32. The molecule has 1 fully saturated rings. The first kappa shape index (κ1) is 17.7. The smallest absolute Gasteiger partial charge is 0.324 e. The number of amides is 3. The van der Waals surface area contributed by atoms with E-state index in [9.17, 15) is 9.59 Å². The summed E-state index contributed by atoms with van der Waals surface area (Å²) in [6.07, 6.45) is 0. The van der Waals surface area contributed by atoms with Gasteiger partial charge in [-0.05, 0) is 38.0 Å². The third kappa shape index (κ3) is 3.93. The third-order valence-corrected chi connectivity index (χ3v) is 6.01. The van der Waals surface area contributed by atoms with Gasteiger partial charge in [-0.3, -0.25) is 9.69 Å². The summed E-state index contributed by atoms with van der Waals surface area (Å²) in [6, 6.07) is 5.72. The molecule has 0 aliphatic carbocycles. The Morgan fingerprint density at radius 2 is 2.20 bits per heavy atom. The largest absolute Gasteiger partial charge is 0.336 e. The number of hydrogen-bond acceptors (Lipinski definition) is 7. The second-order valence-electron chi connectivity index (χ2n) is 5.73. The Morgan fingerprint density at radius 1 is 1.40 bits per heavy atom. The summed E-state index contributed by atoms with van der Waals surface area (Å²) in [4.78, 5) is 25.2. The molecule has 0 saturated carbocycles. The van der Waals surface area contributed by atoms with Crippen LogP contribution in [0.25, 0.3) is 0 Å². The van der Waals surface area contributed by atoms with Crippen LogP contribution in [0.1, 0.15) is 18.1 Å². The molecule has 2 heterocycles. The Hall–Kier alpha value is -2.13. The van der Waals surface area contributed by atoms with Crippen LogP contribution < -0.4 is 10.6 Å². The molecule has 1 saturated heterocycles. The summed E-state index contributed by atoms with van der Waals surface area (Å²) in [6.45, 7) is 6.81. The van der Waals surface area contributed by atoms with E-state index in [1.807, 2.05) is 12.1 Å². The fourth-order valence-electron chi connectivity index (χ4n) is 2.41. The van der Waals surface area contributed by atoms with Crippen molar-refractivity contribution in [3.8, 4) is 0 Å². The van der Waals surface area contributed by atoms with Crippen molar-refractivity contribution >= 4 is 45.9 Å². The molecule has 2 aromatic rings. The van der Waals surface area contributed by atoms with Crippen molar-refractivity contribution in [1.29, 1.82) is 0 Å². The highest BCUT2D eigenvalue weighted by Gasteiger charge is 2.30. The molecule has 1 atom stereocenters. The van der Waals surface area contributed by atoms with Gasteiger partial charge in [-0.2, -0.15) is 0 Å². The molecular weight excluding hydrogens is 358 g/mol. The highest BCUT2D eigenvalue weighted by atomic mass is 32.2. The summed E-state index contributed by atoms with van der Waals surface area (Å²) in [5.74, 6) is -0.209. The van der Waals surface area contributed by atoms with Crippen LogP contribution in [0.15, 0.2) is 22.5 Å². The Labute approximate surface area is 154 Å². The number of hydrogen-bond donors (Lipinski definition) is 2. The summed E-state index contributed by atoms with van der Waals surface area (Å²) >= 11 is 2.70. The Bertz CT molecular complexity index is 808. The number of imide groups is 1. The summed E-state index contributed by atoms with van der Waals surface area (Å²) in [5.41, 5.74) is 3.35. The number of anilines is 2. The van der Waals surface area contributed by atoms with Crippen molar-refractivity contribution < 1.29 is 9.59 Å². The summed E-state index contributed by atoms with van der Waals surface area (Å²) < 4.78 is 0.688. The van der Waals surface area contributed by atoms with Crippen LogP contribution in [0.4, 0.5) is 15.6 Å². The van der Waals surface area contributed by atoms with Crippen molar-refractivity contribution in [3.05, 3.63) is 29.3 Å². The van der Waals surface area contributed by atoms with Crippen molar-refractivity contribution in [2.45, 2.75) is 30.4 Å². The van der Waals surface area contributed by atoms with E-state index in [1.54, 1.807) is 6.92 Å². The maximum atomic E-state index is 12.3. The molecule has 0 bridgehead atoms. The zero-order chi connectivity index (χ0) is 18.0. The fraction of sp³-hybridized carbons (Fsp3) is 0.375. The first-order chi connectivity index (χ1) is 12.0. The molecule has 0 spiro atoms. The average Bonchev–Trinajstić information content (AvgIpc) is 3.20. The number of nitrogens with zero attached hydrogens (tertiary/aromatic N) is 3. The molecule has 0 radical (unpaired) electrons. The van der Waals surface area contributed by atoms with Gasteiger partial charge in [0.15, 0.2) is 4.34 Å². The number of urea groups is 1. The van der Waals surface area contributed by atoms with Gasteiger partial charge in [-0.25, -0.2) is 4.79 Å². The lowest BCUT2D eigenvalue weighted by Crippen LogP contribution is -2.38. The standard InChI is InChI=1S/C16H19N5O2S2/c1-9-5-4-6-12(10(9)2)18-14-19-20-16(25-14)24-11(3)13(22)21-8-7-17-15(21)23/h4-6,11H,7-8H2,1-3H3,(H,17,23)(H,18,19). The Kier molecular flexibility index (Phi) is 5.24. The van der Waals surface area contributed by atoms with Crippen LogP contribution in [-0.4, -0.2) is 45.4 Å². The SMILES string of the molecule is Cc1cccc(Nc2nnc(SC(C)C(=O)N3CCNC3=O)s2)c1C. The van der Waals surface area contributed by atoms with Gasteiger partial charge in [0.2, 0.25) is 11.0 Å². The number of carbonyl (C=O) groups excluding carboxylic acids is 2. The molecule has 25 heavy (non-hydrogen) atoms. The number of aromatic nitrogens is 2. The number of thioether (sulfide) groups is 1. The van der Waals surface area contributed by atoms with E-state index < -0.39 is 5.25 Å². The summed E-state index contributed by atoms with van der Waals surface area (Å²) in [7, 11) is 0. The molecule has 2 N–H and O–H groups in total. The van der Waals surface area contributed by atoms with Gasteiger partial charge in [-0.15, -0.1) is 10.2 Å². The normalized spacial score (nSPS) is 15.2. The lowest BCUT2D eigenvalue weighted by molar-refractivity contribution is -0.126. The lowest BCUT2D eigenvalue weighted by Gasteiger charge is -2.16. The predicted octanol–water partition coefficient (Wildman–Crippen LogP) is 2.93. The highest BCUT2D eigenvalue weighted by molar-refractivity contribution is 8.02. The Balaban J connectivity index is 1.64. The molecule has 3 amide bonds. The minimum atomic E-state index is -0.398.